The molecule has 0 heterocycles. The number of rotatable bonds is 5. The van der Waals surface area contributed by atoms with Crippen LogP contribution in [0.4, 0.5) is 8.78 Å². The average molecular weight is 439 g/mol. The molecule has 1 fully saturated rings. The van der Waals surface area contributed by atoms with Gasteiger partial charge in [0, 0.05) is 5.56 Å². The van der Waals surface area contributed by atoms with E-state index in [-0.39, 0.29) is 26.2 Å². The van der Waals surface area contributed by atoms with E-state index in [9.17, 15) is 8.78 Å². The first-order valence-corrected chi connectivity index (χ1v) is 10.8. The molecule has 32 heavy (non-hydrogen) atoms. The van der Waals surface area contributed by atoms with Gasteiger partial charge in [-0.3, -0.25) is 0 Å². The largest absolute Gasteiger partial charge is 0.490 e. The normalized spacial score (nSPS) is 17.8. The van der Waals surface area contributed by atoms with Gasteiger partial charge in [0.05, 0.1) is 6.61 Å². The number of hydrogen-bond acceptors (Lipinski definition) is 1. The Morgan fingerprint density at radius 2 is 1.25 bits per heavy atom. The summed E-state index contributed by atoms with van der Waals surface area (Å²) in [7, 11) is 0. The summed E-state index contributed by atoms with van der Waals surface area (Å²) in [6, 6.07) is 18.9. The van der Waals surface area contributed by atoms with E-state index in [1.165, 1.54) is 18.4 Å². The Balaban J connectivity index is 0.00000181. The summed E-state index contributed by atoms with van der Waals surface area (Å²) >= 11 is 0. The topological polar surface area (TPSA) is 9.23 Å². The molecule has 1 aliphatic carbocycles. The van der Waals surface area contributed by atoms with E-state index in [1.54, 1.807) is 12.1 Å². The van der Waals surface area contributed by atoms with E-state index < -0.39 is 11.6 Å². The maximum Gasteiger partial charge on any atom is 0.201 e. The third kappa shape index (κ3) is 5.76. The monoisotopic (exact) mass is 438 g/mol. The summed E-state index contributed by atoms with van der Waals surface area (Å²) in [5, 5.41) is 0. The maximum atomic E-state index is 14.8. The molecule has 4 rings (SSSR count). The highest BCUT2D eigenvalue weighted by Crippen LogP contribution is 2.33. The smallest absolute Gasteiger partial charge is 0.201 e. The van der Waals surface area contributed by atoms with Crippen molar-refractivity contribution in [2.24, 2.45) is 11.8 Å². The molecule has 0 aliphatic heterocycles. The number of halogens is 2. The van der Waals surface area contributed by atoms with Crippen LogP contribution in [0.1, 0.15) is 53.0 Å². The predicted octanol–water partition coefficient (Wildman–Crippen LogP) is 9.08. The molecule has 0 bridgehead atoms. The van der Waals surface area contributed by atoms with Gasteiger partial charge in [-0.25, -0.2) is 4.39 Å². The number of benzene rings is 3. The molecule has 3 heteroatoms. The molecule has 1 saturated carbocycles. The summed E-state index contributed by atoms with van der Waals surface area (Å²) in [6.07, 6.45) is 4.55. The van der Waals surface area contributed by atoms with Crippen LogP contribution in [-0.2, 0) is 0 Å². The zero-order valence-electron chi connectivity index (χ0n) is 17.6. The van der Waals surface area contributed by atoms with Gasteiger partial charge < -0.3 is 4.74 Å². The Morgan fingerprint density at radius 1 is 0.719 bits per heavy atom. The van der Waals surface area contributed by atoms with Crippen LogP contribution >= 0.6 is 0 Å². The zero-order chi connectivity index (χ0) is 21.1. The highest BCUT2D eigenvalue weighted by molar-refractivity contribution is 5.71. The van der Waals surface area contributed by atoms with Gasteiger partial charge in [0.2, 0.25) is 5.82 Å². The Morgan fingerprint density at radius 3 is 1.84 bits per heavy atom. The fraction of sp³-hybridized carbons (Fsp3) is 0.379. The van der Waals surface area contributed by atoms with Crippen molar-refractivity contribution in [2.45, 2.75) is 54.4 Å². The minimum absolute atomic E-state index is 0. The van der Waals surface area contributed by atoms with Gasteiger partial charge in [-0.2, -0.15) is 4.39 Å². The van der Waals surface area contributed by atoms with Crippen molar-refractivity contribution in [3.63, 3.8) is 0 Å². The third-order valence-corrected chi connectivity index (χ3v) is 6.24. The highest BCUT2D eigenvalue weighted by Gasteiger charge is 2.21. The van der Waals surface area contributed by atoms with Crippen molar-refractivity contribution in [1.82, 2.24) is 0 Å². The van der Waals surface area contributed by atoms with Gasteiger partial charge in [-0.05, 0) is 60.4 Å². The second-order valence-corrected chi connectivity index (χ2v) is 8.62. The van der Waals surface area contributed by atoms with E-state index in [0.29, 0.717) is 18.1 Å². The standard InChI is InChI=1S/C27H28F2O.2CH4/c1-18-3-7-20(8-4-18)17-30-25-16-15-24(26(28)27(25)29)23-13-11-22(12-14-23)21-9-5-19(2)6-10-21;;/h5-6,9-16,18,20H,3-4,7-8,17H2,1-2H3;2*1H4. The maximum absolute atomic E-state index is 14.8. The van der Waals surface area contributed by atoms with Crippen molar-refractivity contribution >= 4 is 0 Å². The van der Waals surface area contributed by atoms with Gasteiger partial charge in [-0.15, -0.1) is 0 Å². The van der Waals surface area contributed by atoms with Crippen molar-refractivity contribution in [3.05, 3.63) is 77.9 Å². The third-order valence-electron chi connectivity index (χ3n) is 6.24. The fourth-order valence-corrected chi connectivity index (χ4v) is 4.16. The molecule has 3 aromatic carbocycles. The summed E-state index contributed by atoms with van der Waals surface area (Å²) in [4.78, 5) is 0. The molecule has 0 N–H and O–H groups in total. The van der Waals surface area contributed by atoms with Gasteiger partial charge >= 0.3 is 0 Å². The lowest BCUT2D eigenvalue weighted by Gasteiger charge is -2.26. The zero-order valence-corrected chi connectivity index (χ0v) is 17.6. The summed E-state index contributed by atoms with van der Waals surface area (Å²) in [6.45, 7) is 4.76. The molecule has 1 nitrogen and oxygen atoms in total. The van der Waals surface area contributed by atoms with Crippen molar-refractivity contribution in [3.8, 4) is 28.0 Å². The minimum atomic E-state index is -0.903. The molecule has 0 saturated heterocycles. The van der Waals surface area contributed by atoms with Gasteiger partial charge in [-0.1, -0.05) is 88.7 Å². The molecule has 0 atom stereocenters. The van der Waals surface area contributed by atoms with Crippen molar-refractivity contribution in [1.29, 1.82) is 0 Å². The van der Waals surface area contributed by atoms with Crippen LogP contribution in [0.15, 0.2) is 60.7 Å². The van der Waals surface area contributed by atoms with Crippen molar-refractivity contribution in [2.75, 3.05) is 6.61 Å². The van der Waals surface area contributed by atoms with E-state index >= 15 is 0 Å². The Kier molecular flexibility index (Phi) is 9.00. The van der Waals surface area contributed by atoms with E-state index in [2.05, 4.69) is 31.2 Å². The first-order chi connectivity index (χ1) is 14.5. The van der Waals surface area contributed by atoms with Gasteiger partial charge in [0.1, 0.15) is 0 Å². The van der Waals surface area contributed by atoms with Crippen LogP contribution in [0.5, 0.6) is 5.75 Å². The lowest BCUT2D eigenvalue weighted by atomic mass is 9.83. The lowest BCUT2D eigenvalue weighted by Crippen LogP contribution is -2.19. The summed E-state index contributed by atoms with van der Waals surface area (Å²) < 4.78 is 35.1. The molecule has 0 aromatic heterocycles. The number of ether oxygens (including phenoxy) is 1. The first-order valence-electron chi connectivity index (χ1n) is 10.8. The van der Waals surface area contributed by atoms with Crippen LogP contribution in [0.3, 0.4) is 0 Å². The summed E-state index contributed by atoms with van der Waals surface area (Å²) in [5.41, 5.74) is 4.24. The number of aryl methyl sites for hydroxylation is 1. The summed E-state index contributed by atoms with van der Waals surface area (Å²) in [5.74, 6) is -0.567. The molecular formula is C29H36F2O. The Hall–Kier alpha value is -2.68. The Labute approximate surface area is 192 Å². The minimum Gasteiger partial charge on any atom is -0.490 e. The number of hydrogen-bond donors (Lipinski definition) is 0. The van der Waals surface area contributed by atoms with Crippen LogP contribution in [0, 0.1) is 30.4 Å². The predicted molar refractivity (Wildman–Crippen MR) is 132 cm³/mol. The molecule has 172 valence electrons. The fourth-order valence-electron chi connectivity index (χ4n) is 4.16. The van der Waals surface area contributed by atoms with Crippen LogP contribution in [0.2, 0.25) is 0 Å². The SMILES string of the molecule is C.C.Cc1ccc(-c2ccc(-c3ccc(OCC4CCC(C)CC4)c(F)c3F)cc2)cc1. The van der Waals surface area contributed by atoms with E-state index in [4.69, 9.17) is 4.74 Å². The van der Waals surface area contributed by atoms with Gasteiger partial charge in [0.25, 0.3) is 0 Å². The molecular weight excluding hydrogens is 402 g/mol. The van der Waals surface area contributed by atoms with E-state index in [1.807, 2.05) is 31.2 Å². The lowest BCUT2D eigenvalue weighted by molar-refractivity contribution is 0.182. The van der Waals surface area contributed by atoms with E-state index in [0.717, 1.165) is 29.9 Å². The second kappa shape index (κ2) is 11.3. The quantitative estimate of drug-likeness (QED) is 0.386. The molecule has 0 spiro atoms. The van der Waals surface area contributed by atoms with Crippen LogP contribution < -0.4 is 4.74 Å². The van der Waals surface area contributed by atoms with Crippen molar-refractivity contribution < 1.29 is 13.5 Å². The molecule has 3 aromatic rings. The molecule has 0 unspecified atom stereocenters. The molecule has 0 amide bonds. The highest BCUT2D eigenvalue weighted by atomic mass is 19.2. The Bertz CT molecular complexity index is 985. The molecule has 1 aliphatic rings. The first kappa shape index (κ1) is 25.6. The second-order valence-electron chi connectivity index (χ2n) is 8.62. The molecule has 0 radical (unpaired) electrons. The van der Waals surface area contributed by atoms with Crippen LogP contribution in [-0.4, -0.2) is 6.61 Å². The van der Waals surface area contributed by atoms with Crippen LogP contribution in [0.25, 0.3) is 22.3 Å². The van der Waals surface area contributed by atoms with Gasteiger partial charge in [0.15, 0.2) is 11.6 Å². The average Bonchev–Trinajstić information content (AvgIpc) is 2.77.